The lowest BCUT2D eigenvalue weighted by atomic mass is 10.1. The quantitative estimate of drug-likeness (QED) is 0.685. The molecule has 0 aliphatic carbocycles. The van der Waals surface area contributed by atoms with Gasteiger partial charge in [0.1, 0.15) is 5.82 Å². The number of nitrogens with zero attached hydrogens (tertiary/aromatic N) is 2. The van der Waals surface area contributed by atoms with Crippen LogP contribution in [0, 0.1) is 6.92 Å². The number of carbonyl (C=O) groups is 1. The number of nitrogens with one attached hydrogen (secondary N) is 2. The van der Waals surface area contributed by atoms with Crippen LogP contribution in [-0.4, -0.2) is 25.0 Å². The highest BCUT2D eigenvalue weighted by Gasteiger charge is 2.05. The largest absolute Gasteiger partial charge is 0.378 e. The maximum atomic E-state index is 12.2. The van der Waals surface area contributed by atoms with Gasteiger partial charge in [-0.05, 0) is 48.9 Å². The lowest BCUT2D eigenvalue weighted by Crippen LogP contribution is -2.15. The van der Waals surface area contributed by atoms with E-state index >= 15 is 0 Å². The Labute approximate surface area is 160 Å². The summed E-state index contributed by atoms with van der Waals surface area (Å²) in [4.78, 5) is 18.6. The number of carbonyl (C=O) groups excluding carboxylic acids is 1. The van der Waals surface area contributed by atoms with Crippen molar-refractivity contribution in [3.8, 4) is 0 Å². The summed E-state index contributed by atoms with van der Waals surface area (Å²) in [6, 6.07) is 19.8. The van der Waals surface area contributed by atoms with Gasteiger partial charge in [-0.25, -0.2) is 4.98 Å². The third kappa shape index (κ3) is 5.31. The highest BCUT2D eigenvalue weighted by molar-refractivity contribution is 5.91. The van der Waals surface area contributed by atoms with Crippen LogP contribution < -0.4 is 15.5 Å². The van der Waals surface area contributed by atoms with Gasteiger partial charge >= 0.3 is 0 Å². The fraction of sp³-hybridized carbons (Fsp3) is 0.182. The van der Waals surface area contributed by atoms with Crippen molar-refractivity contribution in [1.29, 1.82) is 0 Å². The van der Waals surface area contributed by atoms with Gasteiger partial charge in [-0.15, -0.1) is 0 Å². The fourth-order valence-corrected chi connectivity index (χ4v) is 2.75. The van der Waals surface area contributed by atoms with Crippen molar-refractivity contribution in [2.75, 3.05) is 29.6 Å². The highest BCUT2D eigenvalue weighted by atomic mass is 16.1. The average molecular weight is 360 g/mol. The van der Waals surface area contributed by atoms with Crippen molar-refractivity contribution in [2.24, 2.45) is 0 Å². The zero-order chi connectivity index (χ0) is 19.2. The predicted octanol–water partition coefficient (Wildman–Crippen LogP) is 4.38. The molecule has 0 bridgehead atoms. The third-order valence-corrected chi connectivity index (χ3v) is 4.15. The maximum Gasteiger partial charge on any atom is 0.229 e. The van der Waals surface area contributed by atoms with Crippen LogP contribution in [0.1, 0.15) is 11.1 Å². The first-order chi connectivity index (χ1) is 13.0. The number of benzene rings is 2. The molecular weight excluding hydrogens is 336 g/mol. The average Bonchev–Trinajstić information content (AvgIpc) is 2.64. The van der Waals surface area contributed by atoms with Crippen LogP contribution in [0.2, 0.25) is 0 Å². The fourth-order valence-electron chi connectivity index (χ4n) is 2.75. The summed E-state index contributed by atoms with van der Waals surface area (Å²) in [5.74, 6) is 0.467. The molecule has 3 rings (SSSR count). The van der Waals surface area contributed by atoms with E-state index in [0.29, 0.717) is 12.2 Å². The lowest BCUT2D eigenvalue weighted by molar-refractivity contribution is -0.115. The van der Waals surface area contributed by atoms with E-state index in [1.54, 1.807) is 12.3 Å². The summed E-state index contributed by atoms with van der Waals surface area (Å²) in [7, 11) is 4.02. The number of hydrogen-bond donors (Lipinski definition) is 2. The van der Waals surface area contributed by atoms with Crippen LogP contribution in [0.3, 0.4) is 0 Å². The zero-order valence-electron chi connectivity index (χ0n) is 15.9. The van der Waals surface area contributed by atoms with Crippen LogP contribution in [0.5, 0.6) is 0 Å². The lowest BCUT2D eigenvalue weighted by Gasteiger charge is -2.13. The molecule has 5 nitrogen and oxygen atoms in total. The number of rotatable bonds is 6. The molecule has 5 heteroatoms. The summed E-state index contributed by atoms with van der Waals surface area (Å²) in [6.45, 7) is 2.02. The molecule has 0 fully saturated rings. The molecule has 0 saturated carbocycles. The molecule has 2 N–H and O–H groups in total. The minimum absolute atomic E-state index is 0.0758. The van der Waals surface area contributed by atoms with Gasteiger partial charge in [-0.1, -0.05) is 29.8 Å². The minimum atomic E-state index is -0.0758. The first-order valence-corrected chi connectivity index (χ1v) is 8.85. The highest BCUT2D eigenvalue weighted by Crippen LogP contribution is 2.20. The molecule has 0 unspecified atom stereocenters. The van der Waals surface area contributed by atoms with Crippen LogP contribution in [0.15, 0.2) is 66.9 Å². The van der Waals surface area contributed by atoms with Gasteiger partial charge in [0.2, 0.25) is 5.91 Å². The molecule has 138 valence electrons. The Kier molecular flexibility index (Phi) is 5.71. The summed E-state index contributed by atoms with van der Waals surface area (Å²) >= 11 is 0. The zero-order valence-corrected chi connectivity index (χ0v) is 15.9. The molecule has 1 aromatic heterocycles. The van der Waals surface area contributed by atoms with Gasteiger partial charge in [-0.3, -0.25) is 4.79 Å². The van der Waals surface area contributed by atoms with Crippen LogP contribution >= 0.6 is 0 Å². The van der Waals surface area contributed by atoms with Crippen molar-refractivity contribution in [3.05, 3.63) is 78.0 Å². The van der Waals surface area contributed by atoms with E-state index in [1.165, 1.54) is 0 Å². The second-order valence-corrected chi connectivity index (χ2v) is 6.71. The number of aryl methyl sites for hydroxylation is 1. The molecule has 1 amide bonds. The number of amides is 1. The molecule has 2 aromatic carbocycles. The Bertz CT molecular complexity index is 902. The van der Waals surface area contributed by atoms with E-state index in [0.717, 1.165) is 28.2 Å². The van der Waals surface area contributed by atoms with Gasteiger partial charge < -0.3 is 15.5 Å². The van der Waals surface area contributed by atoms with Gasteiger partial charge in [0.15, 0.2) is 0 Å². The van der Waals surface area contributed by atoms with Crippen LogP contribution in [0.4, 0.5) is 22.9 Å². The third-order valence-electron chi connectivity index (χ3n) is 4.15. The van der Waals surface area contributed by atoms with Crippen molar-refractivity contribution in [2.45, 2.75) is 13.3 Å². The Morgan fingerprint density at radius 1 is 1.00 bits per heavy atom. The Morgan fingerprint density at radius 2 is 1.74 bits per heavy atom. The molecule has 27 heavy (non-hydrogen) atoms. The minimum Gasteiger partial charge on any atom is -0.378 e. The second kappa shape index (κ2) is 8.36. The summed E-state index contributed by atoms with van der Waals surface area (Å²) < 4.78 is 0. The molecule has 0 aliphatic heterocycles. The SMILES string of the molecule is Cc1cccc(CC(=O)Nc2ccc(Nc3ccc(N(C)C)cc3)cn2)c1. The number of pyridine rings is 1. The first-order valence-electron chi connectivity index (χ1n) is 8.85. The number of anilines is 4. The smallest absolute Gasteiger partial charge is 0.229 e. The number of aromatic nitrogens is 1. The molecular formula is C22H24N4O. The van der Waals surface area contributed by atoms with E-state index in [2.05, 4.69) is 32.7 Å². The van der Waals surface area contributed by atoms with Crippen molar-refractivity contribution >= 4 is 28.8 Å². The van der Waals surface area contributed by atoms with Gasteiger partial charge in [-0.2, -0.15) is 0 Å². The normalized spacial score (nSPS) is 10.3. The van der Waals surface area contributed by atoms with E-state index in [9.17, 15) is 4.79 Å². The first kappa shape index (κ1) is 18.5. The summed E-state index contributed by atoms with van der Waals surface area (Å²) in [5, 5.41) is 6.14. The molecule has 3 aromatic rings. The van der Waals surface area contributed by atoms with E-state index in [4.69, 9.17) is 0 Å². The van der Waals surface area contributed by atoms with Crippen LogP contribution in [-0.2, 0) is 11.2 Å². The Hall–Kier alpha value is -3.34. The van der Waals surface area contributed by atoms with E-state index in [-0.39, 0.29) is 5.91 Å². The van der Waals surface area contributed by atoms with Crippen LogP contribution in [0.25, 0.3) is 0 Å². The summed E-state index contributed by atoms with van der Waals surface area (Å²) in [5.41, 5.74) is 5.13. The second-order valence-electron chi connectivity index (χ2n) is 6.71. The molecule has 0 saturated heterocycles. The maximum absolute atomic E-state index is 12.2. The van der Waals surface area contributed by atoms with Crippen molar-refractivity contribution in [3.63, 3.8) is 0 Å². The molecule has 0 radical (unpaired) electrons. The van der Waals surface area contributed by atoms with Crippen molar-refractivity contribution in [1.82, 2.24) is 4.98 Å². The topological polar surface area (TPSA) is 57.3 Å². The van der Waals surface area contributed by atoms with E-state index in [1.807, 2.05) is 63.5 Å². The van der Waals surface area contributed by atoms with E-state index < -0.39 is 0 Å². The predicted molar refractivity (Wildman–Crippen MR) is 112 cm³/mol. The number of hydrogen-bond acceptors (Lipinski definition) is 4. The van der Waals surface area contributed by atoms with Gasteiger partial charge in [0.05, 0.1) is 18.3 Å². The Morgan fingerprint density at radius 3 is 2.37 bits per heavy atom. The van der Waals surface area contributed by atoms with Gasteiger partial charge in [0.25, 0.3) is 0 Å². The standard InChI is InChI=1S/C22H24N4O/c1-16-5-4-6-17(13-16)14-22(27)25-21-12-9-19(15-23-21)24-18-7-10-20(11-8-18)26(2)3/h4-13,15,24H,14H2,1-3H3,(H,23,25,27). The summed E-state index contributed by atoms with van der Waals surface area (Å²) in [6.07, 6.45) is 2.05. The molecule has 0 spiro atoms. The Balaban J connectivity index is 1.57. The van der Waals surface area contributed by atoms with Crippen molar-refractivity contribution < 1.29 is 4.79 Å². The monoisotopic (exact) mass is 360 g/mol. The molecule has 0 aliphatic rings. The molecule has 0 atom stereocenters. The van der Waals surface area contributed by atoms with Gasteiger partial charge in [0, 0.05) is 25.5 Å². The molecule has 1 heterocycles.